The maximum absolute atomic E-state index is 12.7. The van der Waals surface area contributed by atoms with E-state index in [9.17, 15) is 4.79 Å². The van der Waals surface area contributed by atoms with Crippen molar-refractivity contribution in [2.75, 3.05) is 40.4 Å². The third-order valence-electron chi connectivity index (χ3n) is 6.69. The van der Waals surface area contributed by atoms with Gasteiger partial charge in [-0.1, -0.05) is 32.8 Å². The highest BCUT2D eigenvalue weighted by Crippen LogP contribution is 2.33. The highest BCUT2D eigenvalue weighted by Gasteiger charge is 2.32. The Bertz CT molecular complexity index is 809. The lowest BCUT2D eigenvalue weighted by molar-refractivity contribution is -0.134. The van der Waals surface area contributed by atoms with Crippen LogP contribution in [0.25, 0.3) is 0 Å². The molecule has 1 saturated carbocycles. The van der Waals surface area contributed by atoms with Gasteiger partial charge in [0.1, 0.15) is 0 Å². The lowest BCUT2D eigenvalue weighted by Gasteiger charge is -2.25. The van der Waals surface area contributed by atoms with Crippen LogP contribution in [-0.2, 0) is 10.2 Å². The fourth-order valence-electron chi connectivity index (χ4n) is 4.65. The molecule has 1 atom stereocenters. The molecule has 0 aromatic heterocycles. The van der Waals surface area contributed by atoms with Crippen LogP contribution in [0.15, 0.2) is 23.2 Å². The minimum Gasteiger partial charge on any atom is -0.493 e. The molecule has 8 heteroatoms. The number of likely N-dealkylation sites (tertiary alicyclic amines) is 1. The van der Waals surface area contributed by atoms with Crippen molar-refractivity contribution in [3.05, 3.63) is 23.8 Å². The minimum absolute atomic E-state index is 0. The Morgan fingerprint density at radius 3 is 2.48 bits per heavy atom. The molecule has 1 unspecified atom stereocenters. The van der Waals surface area contributed by atoms with E-state index < -0.39 is 0 Å². The van der Waals surface area contributed by atoms with Crippen molar-refractivity contribution in [3.8, 4) is 11.5 Å². The summed E-state index contributed by atoms with van der Waals surface area (Å²) in [7, 11) is 3.30. The van der Waals surface area contributed by atoms with Crippen LogP contribution in [0.2, 0.25) is 0 Å². The number of nitrogens with zero attached hydrogens (tertiary/aromatic N) is 2. The first-order valence-electron chi connectivity index (χ1n) is 11.9. The first kappa shape index (κ1) is 27.5. The Balaban J connectivity index is 0.00000385. The maximum atomic E-state index is 12.7. The van der Waals surface area contributed by atoms with Crippen molar-refractivity contribution in [1.82, 2.24) is 15.5 Å². The van der Waals surface area contributed by atoms with Crippen LogP contribution in [0.1, 0.15) is 58.4 Å². The quantitative estimate of drug-likeness (QED) is 0.281. The molecule has 2 N–H and O–H groups in total. The SMILES string of the molecule is CCNC(=NCC(C)(C)c1ccc(OC)c(OC)c1)NC1CCN(C(=O)C2CCCC2)C1.I. The highest BCUT2D eigenvalue weighted by atomic mass is 127. The monoisotopic (exact) mass is 572 g/mol. The molecule has 0 bridgehead atoms. The van der Waals surface area contributed by atoms with Gasteiger partial charge in [0.05, 0.1) is 20.8 Å². The predicted octanol–water partition coefficient (Wildman–Crippen LogP) is 3.95. The van der Waals surface area contributed by atoms with Gasteiger partial charge in [-0.25, -0.2) is 0 Å². The van der Waals surface area contributed by atoms with E-state index in [1.807, 2.05) is 17.0 Å². The van der Waals surface area contributed by atoms with Crippen molar-refractivity contribution in [3.63, 3.8) is 0 Å². The number of carbonyl (C=O) groups is 1. The topological polar surface area (TPSA) is 75.2 Å². The molecule has 1 aromatic rings. The number of amides is 1. The Morgan fingerprint density at radius 1 is 1.15 bits per heavy atom. The molecule has 186 valence electrons. The second-order valence-electron chi connectivity index (χ2n) is 9.54. The number of nitrogens with one attached hydrogen (secondary N) is 2. The normalized spacial score (nSPS) is 19.2. The van der Waals surface area contributed by atoms with Crippen molar-refractivity contribution in [2.24, 2.45) is 10.9 Å². The van der Waals surface area contributed by atoms with Crippen LogP contribution in [0.4, 0.5) is 0 Å². The first-order chi connectivity index (χ1) is 15.4. The van der Waals surface area contributed by atoms with E-state index in [1.165, 1.54) is 12.8 Å². The number of hydrogen-bond donors (Lipinski definition) is 2. The molecule has 0 radical (unpaired) electrons. The molecular formula is C25H41IN4O3. The summed E-state index contributed by atoms with van der Waals surface area (Å²) in [5, 5.41) is 6.92. The summed E-state index contributed by atoms with van der Waals surface area (Å²) in [6, 6.07) is 6.28. The third-order valence-corrected chi connectivity index (χ3v) is 6.69. The van der Waals surface area contributed by atoms with Crippen molar-refractivity contribution >= 4 is 35.8 Å². The number of benzene rings is 1. The zero-order valence-corrected chi connectivity index (χ0v) is 23.1. The van der Waals surface area contributed by atoms with Crippen LogP contribution in [0, 0.1) is 5.92 Å². The number of halogens is 1. The summed E-state index contributed by atoms with van der Waals surface area (Å²) in [5.74, 6) is 2.86. The third kappa shape index (κ3) is 7.13. The summed E-state index contributed by atoms with van der Waals surface area (Å²) in [4.78, 5) is 19.7. The summed E-state index contributed by atoms with van der Waals surface area (Å²) >= 11 is 0. The van der Waals surface area contributed by atoms with Crippen LogP contribution < -0.4 is 20.1 Å². The smallest absolute Gasteiger partial charge is 0.225 e. The molecule has 1 aliphatic heterocycles. The summed E-state index contributed by atoms with van der Waals surface area (Å²) in [5.41, 5.74) is 0.964. The van der Waals surface area contributed by atoms with Gasteiger partial charge in [-0.3, -0.25) is 9.79 Å². The van der Waals surface area contributed by atoms with Gasteiger partial charge in [0.2, 0.25) is 5.91 Å². The first-order valence-corrected chi connectivity index (χ1v) is 11.9. The number of guanidine groups is 1. The van der Waals surface area contributed by atoms with Crippen molar-refractivity contribution in [1.29, 1.82) is 0 Å². The molecule has 1 aliphatic carbocycles. The van der Waals surface area contributed by atoms with Gasteiger partial charge >= 0.3 is 0 Å². The molecular weight excluding hydrogens is 531 g/mol. The van der Waals surface area contributed by atoms with Crippen molar-refractivity contribution in [2.45, 2.75) is 64.3 Å². The molecule has 1 aromatic carbocycles. The summed E-state index contributed by atoms with van der Waals surface area (Å²) in [6.45, 7) is 9.44. The van der Waals surface area contributed by atoms with Gasteiger partial charge in [0.25, 0.3) is 0 Å². The second kappa shape index (κ2) is 12.7. The Hall–Kier alpha value is -1.71. The van der Waals surface area contributed by atoms with E-state index in [0.717, 1.165) is 61.9 Å². The lowest BCUT2D eigenvalue weighted by atomic mass is 9.84. The number of methoxy groups -OCH3 is 2. The number of aliphatic imine (C=N–C) groups is 1. The van der Waals surface area contributed by atoms with E-state index >= 15 is 0 Å². The standard InChI is InChI=1S/C25H40N4O3.HI/c1-6-26-24(28-20-13-14-29(16-20)23(30)18-9-7-8-10-18)27-17-25(2,3)19-11-12-21(31-4)22(15-19)32-5;/h11-12,15,18,20H,6-10,13-14,16-17H2,1-5H3,(H2,26,27,28);1H. The van der Waals surface area contributed by atoms with Crippen LogP contribution >= 0.6 is 24.0 Å². The number of hydrogen-bond acceptors (Lipinski definition) is 4. The van der Waals surface area contributed by atoms with Crippen LogP contribution in [0.3, 0.4) is 0 Å². The van der Waals surface area contributed by atoms with E-state index in [2.05, 4.69) is 37.5 Å². The fraction of sp³-hybridized carbons (Fsp3) is 0.680. The number of carbonyl (C=O) groups excluding carboxylic acids is 1. The molecule has 1 amide bonds. The van der Waals surface area contributed by atoms with E-state index in [-0.39, 0.29) is 41.4 Å². The zero-order valence-electron chi connectivity index (χ0n) is 20.8. The van der Waals surface area contributed by atoms with E-state index in [0.29, 0.717) is 12.5 Å². The van der Waals surface area contributed by atoms with Gasteiger partial charge in [-0.15, -0.1) is 24.0 Å². The average molecular weight is 573 g/mol. The van der Waals surface area contributed by atoms with Gasteiger partial charge in [-0.05, 0) is 43.9 Å². The summed E-state index contributed by atoms with van der Waals surface area (Å²) < 4.78 is 10.8. The predicted molar refractivity (Wildman–Crippen MR) is 144 cm³/mol. The van der Waals surface area contributed by atoms with Crippen LogP contribution in [0.5, 0.6) is 11.5 Å². The average Bonchev–Trinajstić information content (AvgIpc) is 3.49. The van der Waals surface area contributed by atoms with Gasteiger partial charge in [0, 0.05) is 37.0 Å². The number of ether oxygens (including phenoxy) is 2. The number of rotatable bonds is 8. The van der Waals surface area contributed by atoms with Crippen molar-refractivity contribution < 1.29 is 14.3 Å². The molecule has 33 heavy (non-hydrogen) atoms. The Labute approximate surface area is 216 Å². The maximum Gasteiger partial charge on any atom is 0.225 e. The highest BCUT2D eigenvalue weighted by molar-refractivity contribution is 14.0. The Kier molecular flexibility index (Phi) is 10.6. The van der Waals surface area contributed by atoms with Gasteiger partial charge < -0.3 is 25.0 Å². The zero-order chi connectivity index (χ0) is 23.1. The van der Waals surface area contributed by atoms with E-state index in [4.69, 9.17) is 14.5 Å². The molecule has 2 fully saturated rings. The largest absolute Gasteiger partial charge is 0.493 e. The lowest BCUT2D eigenvalue weighted by Crippen LogP contribution is -2.46. The van der Waals surface area contributed by atoms with Gasteiger partial charge in [0.15, 0.2) is 17.5 Å². The molecule has 0 spiro atoms. The minimum atomic E-state index is -0.179. The molecule has 1 heterocycles. The fourth-order valence-corrected chi connectivity index (χ4v) is 4.65. The van der Waals surface area contributed by atoms with E-state index in [1.54, 1.807) is 14.2 Å². The van der Waals surface area contributed by atoms with Gasteiger partial charge in [-0.2, -0.15) is 0 Å². The molecule has 7 nitrogen and oxygen atoms in total. The molecule has 3 rings (SSSR count). The molecule has 2 aliphatic rings. The van der Waals surface area contributed by atoms with Crippen LogP contribution in [-0.4, -0.2) is 63.2 Å². The molecule has 1 saturated heterocycles. The second-order valence-corrected chi connectivity index (χ2v) is 9.54. The summed E-state index contributed by atoms with van der Waals surface area (Å²) in [6.07, 6.45) is 5.46. The Morgan fingerprint density at radius 2 is 1.85 bits per heavy atom.